The Morgan fingerprint density at radius 1 is 1.47 bits per heavy atom. The number of benzene rings is 1. The van der Waals surface area contributed by atoms with Gasteiger partial charge in [0.15, 0.2) is 0 Å². The molecule has 1 amide bonds. The van der Waals surface area contributed by atoms with E-state index in [1.807, 2.05) is 6.92 Å². The fourth-order valence-corrected chi connectivity index (χ4v) is 2.48. The molecular formula is C14H20N2O3. The van der Waals surface area contributed by atoms with Crippen LogP contribution in [0.3, 0.4) is 0 Å². The van der Waals surface area contributed by atoms with Crippen LogP contribution < -0.4 is 10.5 Å². The van der Waals surface area contributed by atoms with Crippen LogP contribution in [0.2, 0.25) is 0 Å². The van der Waals surface area contributed by atoms with E-state index < -0.39 is 5.60 Å². The summed E-state index contributed by atoms with van der Waals surface area (Å²) in [6.07, 6.45) is 1.63. The highest BCUT2D eigenvalue weighted by Gasteiger charge is 2.42. The minimum Gasteiger partial charge on any atom is -0.497 e. The van der Waals surface area contributed by atoms with Gasteiger partial charge in [-0.05, 0) is 18.6 Å². The van der Waals surface area contributed by atoms with Gasteiger partial charge in [0, 0.05) is 17.3 Å². The minimum atomic E-state index is -0.713. The molecule has 1 aliphatic heterocycles. The molecule has 1 aromatic rings. The number of likely N-dealkylation sites (tertiary alicyclic amines) is 1. The van der Waals surface area contributed by atoms with E-state index in [4.69, 9.17) is 10.5 Å². The van der Waals surface area contributed by atoms with Crippen molar-refractivity contribution in [2.24, 2.45) is 0 Å². The van der Waals surface area contributed by atoms with Crippen molar-refractivity contribution in [2.75, 3.05) is 25.9 Å². The highest BCUT2D eigenvalue weighted by atomic mass is 16.5. The minimum absolute atomic E-state index is 0.119. The topological polar surface area (TPSA) is 75.8 Å². The lowest BCUT2D eigenvalue weighted by atomic mass is 9.88. The van der Waals surface area contributed by atoms with E-state index in [-0.39, 0.29) is 5.91 Å². The Morgan fingerprint density at radius 3 is 2.74 bits per heavy atom. The van der Waals surface area contributed by atoms with Crippen LogP contribution in [0.4, 0.5) is 5.69 Å². The quantitative estimate of drug-likeness (QED) is 0.803. The molecule has 0 spiro atoms. The second-order valence-electron chi connectivity index (χ2n) is 5.13. The van der Waals surface area contributed by atoms with Crippen molar-refractivity contribution in [3.8, 4) is 5.75 Å². The van der Waals surface area contributed by atoms with Gasteiger partial charge in [-0.25, -0.2) is 0 Å². The Bertz CT molecular complexity index is 482. The van der Waals surface area contributed by atoms with Gasteiger partial charge in [0.25, 0.3) is 5.91 Å². The van der Waals surface area contributed by atoms with Crippen molar-refractivity contribution in [1.29, 1.82) is 0 Å². The molecule has 2 rings (SSSR count). The Labute approximate surface area is 113 Å². The summed E-state index contributed by atoms with van der Waals surface area (Å²) >= 11 is 0. The molecule has 0 unspecified atom stereocenters. The fourth-order valence-electron chi connectivity index (χ4n) is 2.48. The highest BCUT2D eigenvalue weighted by molar-refractivity contribution is 5.96. The zero-order chi connectivity index (χ0) is 14.0. The van der Waals surface area contributed by atoms with Crippen LogP contribution in [0.1, 0.15) is 30.1 Å². The molecule has 3 N–H and O–H groups in total. The molecule has 0 atom stereocenters. The smallest absolute Gasteiger partial charge is 0.254 e. The molecule has 1 saturated heterocycles. The number of β-amino-alcohol motifs (C(OH)–C–C–N with tert-alkyl or cyclic N) is 1. The number of methoxy groups -OCH3 is 1. The molecule has 1 aliphatic rings. The van der Waals surface area contributed by atoms with E-state index >= 15 is 0 Å². The van der Waals surface area contributed by atoms with Gasteiger partial charge in [-0.15, -0.1) is 0 Å². The normalized spacial score (nSPS) is 16.9. The number of hydrogen-bond donors (Lipinski definition) is 2. The van der Waals surface area contributed by atoms with Crippen LogP contribution in [-0.2, 0) is 0 Å². The number of nitrogens with two attached hydrogens (primary N) is 1. The summed E-state index contributed by atoms with van der Waals surface area (Å²) in [5.74, 6) is 0.444. The first-order valence-corrected chi connectivity index (χ1v) is 6.43. The van der Waals surface area contributed by atoms with Crippen LogP contribution >= 0.6 is 0 Å². The van der Waals surface area contributed by atoms with Gasteiger partial charge in [-0.1, -0.05) is 13.3 Å². The van der Waals surface area contributed by atoms with E-state index in [1.165, 1.54) is 7.11 Å². The maximum atomic E-state index is 12.2. The molecule has 19 heavy (non-hydrogen) atoms. The van der Waals surface area contributed by atoms with E-state index in [1.54, 1.807) is 23.1 Å². The fraction of sp³-hybridized carbons (Fsp3) is 0.500. The molecular weight excluding hydrogens is 244 g/mol. The van der Waals surface area contributed by atoms with E-state index in [0.717, 1.165) is 12.8 Å². The van der Waals surface area contributed by atoms with Gasteiger partial charge in [0.1, 0.15) is 5.75 Å². The van der Waals surface area contributed by atoms with Crippen molar-refractivity contribution < 1.29 is 14.6 Å². The third kappa shape index (κ3) is 2.81. The average Bonchev–Trinajstić information content (AvgIpc) is 2.34. The maximum absolute atomic E-state index is 12.2. The molecule has 0 radical (unpaired) electrons. The van der Waals surface area contributed by atoms with Crippen LogP contribution in [0.15, 0.2) is 18.2 Å². The molecule has 1 heterocycles. The number of carbonyl (C=O) groups excluding carboxylic acids is 1. The van der Waals surface area contributed by atoms with Crippen LogP contribution in [0.5, 0.6) is 5.75 Å². The SMILES string of the molecule is CCCC1(O)CN(C(=O)c2cc(N)cc(OC)c2)C1. The number of amides is 1. The van der Waals surface area contributed by atoms with Crippen molar-refractivity contribution in [3.05, 3.63) is 23.8 Å². The number of nitrogens with zero attached hydrogens (tertiary/aromatic N) is 1. The molecule has 0 aromatic heterocycles. The lowest BCUT2D eigenvalue weighted by molar-refractivity contribution is -0.0860. The predicted molar refractivity (Wildman–Crippen MR) is 73.2 cm³/mol. The largest absolute Gasteiger partial charge is 0.497 e. The summed E-state index contributed by atoms with van der Waals surface area (Å²) in [5.41, 5.74) is 6.01. The zero-order valence-corrected chi connectivity index (χ0v) is 11.3. The summed E-state index contributed by atoms with van der Waals surface area (Å²) in [7, 11) is 1.53. The van der Waals surface area contributed by atoms with Crippen molar-refractivity contribution in [1.82, 2.24) is 4.90 Å². The number of carbonyl (C=O) groups is 1. The van der Waals surface area contributed by atoms with Gasteiger partial charge in [-0.3, -0.25) is 4.79 Å². The van der Waals surface area contributed by atoms with Gasteiger partial charge >= 0.3 is 0 Å². The molecule has 104 valence electrons. The Morgan fingerprint density at radius 2 is 2.16 bits per heavy atom. The lowest BCUT2D eigenvalue weighted by Crippen LogP contribution is -2.63. The molecule has 1 aromatic carbocycles. The molecule has 0 bridgehead atoms. The monoisotopic (exact) mass is 264 g/mol. The van der Waals surface area contributed by atoms with E-state index in [9.17, 15) is 9.90 Å². The van der Waals surface area contributed by atoms with Crippen molar-refractivity contribution in [2.45, 2.75) is 25.4 Å². The second kappa shape index (κ2) is 5.09. The summed E-state index contributed by atoms with van der Waals surface area (Å²) in [5, 5.41) is 10.1. The Hall–Kier alpha value is -1.75. The maximum Gasteiger partial charge on any atom is 0.254 e. The zero-order valence-electron chi connectivity index (χ0n) is 11.3. The number of hydrogen-bond acceptors (Lipinski definition) is 4. The lowest BCUT2D eigenvalue weighted by Gasteiger charge is -2.46. The highest BCUT2D eigenvalue weighted by Crippen LogP contribution is 2.28. The Balaban J connectivity index is 2.08. The van der Waals surface area contributed by atoms with Gasteiger partial charge in [0.05, 0.1) is 25.8 Å². The van der Waals surface area contributed by atoms with Crippen molar-refractivity contribution in [3.63, 3.8) is 0 Å². The first-order valence-electron chi connectivity index (χ1n) is 6.43. The van der Waals surface area contributed by atoms with Crippen LogP contribution in [-0.4, -0.2) is 41.7 Å². The average molecular weight is 264 g/mol. The van der Waals surface area contributed by atoms with Crippen molar-refractivity contribution >= 4 is 11.6 Å². The number of anilines is 1. The molecule has 0 aliphatic carbocycles. The number of nitrogen functional groups attached to an aromatic ring is 1. The summed E-state index contributed by atoms with van der Waals surface area (Å²) < 4.78 is 5.10. The Kier molecular flexibility index (Phi) is 3.66. The predicted octanol–water partition coefficient (Wildman–Crippen LogP) is 1.26. The number of rotatable bonds is 4. The first-order chi connectivity index (χ1) is 8.97. The van der Waals surface area contributed by atoms with Crippen LogP contribution in [0, 0.1) is 0 Å². The third-order valence-electron chi connectivity index (χ3n) is 3.38. The first kappa shape index (κ1) is 13.7. The summed E-state index contributed by atoms with van der Waals surface area (Å²) in [6.45, 7) is 2.79. The van der Waals surface area contributed by atoms with E-state index in [0.29, 0.717) is 30.1 Å². The number of ether oxygens (including phenoxy) is 1. The summed E-state index contributed by atoms with van der Waals surface area (Å²) in [4.78, 5) is 13.9. The molecule has 0 saturated carbocycles. The molecule has 5 heteroatoms. The van der Waals surface area contributed by atoms with Gasteiger partial charge in [0.2, 0.25) is 0 Å². The van der Waals surface area contributed by atoms with Gasteiger partial charge in [-0.2, -0.15) is 0 Å². The van der Waals surface area contributed by atoms with Gasteiger partial charge < -0.3 is 20.5 Å². The number of aliphatic hydroxyl groups is 1. The molecule has 1 fully saturated rings. The second-order valence-corrected chi connectivity index (χ2v) is 5.13. The summed E-state index contributed by atoms with van der Waals surface area (Å²) in [6, 6.07) is 4.96. The third-order valence-corrected chi connectivity index (χ3v) is 3.38. The van der Waals surface area contributed by atoms with Crippen LogP contribution in [0.25, 0.3) is 0 Å². The molecule has 5 nitrogen and oxygen atoms in total. The standard InChI is InChI=1S/C14H20N2O3/c1-3-4-14(18)8-16(9-14)13(17)10-5-11(15)7-12(6-10)19-2/h5-7,18H,3-4,8-9,15H2,1-2H3. The van der Waals surface area contributed by atoms with E-state index in [2.05, 4.69) is 0 Å².